The lowest BCUT2D eigenvalue weighted by molar-refractivity contribution is -0.134. The highest BCUT2D eigenvalue weighted by molar-refractivity contribution is 6.01. The molecule has 4 N–H and O–H groups in total. The number of rotatable bonds is 5. The lowest BCUT2D eigenvalue weighted by atomic mass is 9.84. The van der Waals surface area contributed by atoms with Gasteiger partial charge in [-0.05, 0) is 52.0 Å². The fraction of sp³-hybridized carbons (Fsp3) is 0.500. The quantitative estimate of drug-likeness (QED) is 0.514. The van der Waals surface area contributed by atoms with Gasteiger partial charge in [-0.3, -0.25) is 24.4 Å². The second kappa shape index (κ2) is 9.74. The predicted molar refractivity (Wildman–Crippen MR) is 123 cm³/mol. The molecule has 33 heavy (non-hydrogen) atoms. The number of aryl methyl sites for hydroxylation is 1. The van der Waals surface area contributed by atoms with Crippen LogP contribution in [0.15, 0.2) is 30.3 Å². The number of amides is 2. The zero-order valence-electron chi connectivity index (χ0n) is 18.8. The summed E-state index contributed by atoms with van der Waals surface area (Å²) in [6, 6.07) is 10.1. The lowest BCUT2D eigenvalue weighted by Gasteiger charge is -2.40. The molecule has 3 aliphatic rings. The summed E-state index contributed by atoms with van der Waals surface area (Å²) in [5.74, 6) is 0.0358. The van der Waals surface area contributed by atoms with Gasteiger partial charge in [0.15, 0.2) is 0 Å². The molecule has 2 aromatic rings. The summed E-state index contributed by atoms with van der Waals surface area (Å²) in [6.45, 7) is 3.27. The molecule has 2 atom stereocenters. The molecule has 1 aromatic heterocycles. The number of hydrogen-bond acceptors (Lipinski definition) is 5. The zero-order valence-corrected chi connectivity index (χ0v) is 18.8. The van der Waals surface area contributed by atoms with Gasteiger partial charge in [-0.1, -0.05) is 30.3 Å². The second-order valence-corrected chi connectivity index (χ2v) is 9.10. The first-order valence-electron chi connectivity index (χ1n) is 11.5. The molecule has 3 heterocycles. The standard InChI is InChI=1S/C23H29N5O2.CH2O2/c1-15-19(20(27-26-15)16-7-3-2-4-8-16)21(29)24-18-13-23(22(30)25-17-9-10-17)11-5-6-12-28(23)14-18;2-1-3/h2-4,7-8,17-18H,5-6,9-14H2,1H3,(H,24,29)(H,25,30)(H,26,27);1H,(H,2,3)/t18-,23-;/m0./s1. The molecule has 9 heteroatoms. The van der Waals surface area contributed by atoms with Crippen LogP contribution < -0.4 is 10.6 Å². The Morgan fingerprint density at radius 3 is 2.61 bits per heavy atom. The number of fused-ring (bicyclic) bond motifs is 1. The molecule has 0 unspecified atom stereocenters. The van der Waals surface area contributed by atoms with Crippen LogP contribution in [0.3, 0.4) is 0 Å². The van der Waals surface area contributed by atoms with E-state index in [1.807, 2.05) is 37.3 Å². The summed E-state index contributed by atoms with van der Waals surface area (Å²) in [5, 5.41) is 20.7. The van der Waals surface area contributed by atoms with Gasteiger partial charge in [0.1, 0.15) is 11.2 Å². The molecule has 2 saturated heterocycles. The number of aromatic nitrogens is 2. The van der Waals surface area contributed by atoms with Crippen molar-refractivity contribution in [1.82, 2.24) is 25.7 Å². The van der Waals surface area contributed by atoms with Gasteiger partial charge in [0.05, 0.1) is 5.56 Å². The number of benzene rings is 1. The molecular weight excluding hydrogens is 422 g/mol. The highest BCUT2D eigenvalue weighted by Gasteiger charge is 2.53. The first kappa shape index (κ1) is 23.0. The van der Waals surface area contributed by atoms with Gasteiger partial charge in [0, 0.05) is 29.9 Å². The van der Waals surface area contributed by atoms with Crippen molar-refractivity contribution in [1.29, 1.82) is 0 Å². The molecular formula is C24H31N5O4. The number of carbonyl (C=O) groups is 3. The van der Waals surface area contributed by atoms with Gasteiger partial charge >= 0.3 is 0 Å². The largest absolute Gasteiger partial charge is 0.483 e. The third-order valence-electron chi connectivity index (χ3n) is 6.79. The molecule has 2 amide bonds. The number of aromatic amines is 1. The van der Waals surface area contributed by atoms with Crippen LogP contribution in [0.1, 0.15) is 54.6 Å². The zero-order chi connectivity index (χ0) is 23.4. The summed E-state index contributed by atoms with van der Waals surface area (Å²) in [6.07, 6.45) is 5.90. The smallest absolute Gasteiger partial charge is 0.290 e. The Hall–Kier alpha value is -3.20. The molecule has 5 rings (SSSR count). The SMILES string of the molecule is Cc1[nH]nc(-c2ccccc2)c1C(=O)N[C@@H]1CN2CCCC[C@@]2(C(=O)NC2CC2)C1.O=CO. The summed E-state index contributed by atoms with van der Waals surface area (Å²) in [7, 11) is 0. The van der Waals surface area contributed by atoms with Crippen molar-refractivity contribution in [3.8, 4) is 11.3 Å². The van der Waals surface area contributed by atoms with Crippen LogP contribution in [-0.4, -0.2) is 69.2 Å². The van der Waals surface area contributed by atoms with Gasteiger partial charge in [0.25, 0.3) is 12.4 Å². The molecule has 0 bridgehead atoms. The Morgan fingerprint density at radius 2 is 1.91 bits per heavy atom. The van der Waals surface area contributed by atoms with Crippen molar-refractivity contribution in [2.24, 2.45) is 0 Å². The topological polar surface area (TPSA) is 127 Å². The molecule has 176 valence electrons. The van der Waals surface area contributed by atoms with Crippen molar-refractivity contribution in [3.63, 3.8) is 0 Å². The van der Waals surface area contributed by atoms with Gasteiger partial charge in [-0.2, -0.15) is 5.10 Å². The van der Waals surface area contributed by atoms with Crippen molar-refractivity contribution in [2.75, 3.05) is 13.1 Å². The van der Waals surface area contributed by atoms with E-state index in [9.17, 15) is 9.59 Å². The third-order valence-corrected chi connectivity index (χ3v) is 6.79. The van der Waals surface area contributed by atoms with Crippen LogP contribution in [0.2, 0.25) is 0 Å². The van der Waals surface area contributed by atoms with Gasteiger partial charge in [-0.25, -0.2) is 0 Å². The minimum Gasteiger partial charge on any atom is -0.483 e. The Bertz CT molecular complexity index is 1000. The van der Waals surface area contributed by atoms with Crippen molar-refractivity contribution in [2.45, 2.75) is 63.1 Å². The van der Waals surface area contributed by atoms with E-state index in [2.05, 4.69) is 25.7 Å². The van der Waals surface area contributed by atoms with Crippen LogP contribution in [-0.2, 0) is 9.59 Å². The highest BCUT2D eigenvalue weighted by atomic mass is 16.3. The average molecular weight is 454 g/mol. The van der Waals surface area contributed by atoms with Crippen molar-refractivity contribution in [3.05, 3.63) is 41.6 Å². The summed E-state index contributed by atoms with van der Waals surface area (Å²) < 4.78 is 0. The van der Waals surface area contributed by atoms with E-state index >= 15 is 0 Å². The van der Waals surface area contributed by atoms with E-state index < -0.39 is 5.54 Å². The molecule has 3 fully saturated rings. The fourth-order valence-electron chi connectivity index (χ4n) is 5.09. The minimum absolute atomic E-state index is 0.0431. The average Bonchev–Trinajstić information content (AvgIpc) is 3.41. The van der Waals surface area contributed by atoms with Crippen molar-refractivity contribution >= 4 is 18.3 Å². The maximum atomic E-state index is 13.3. The maximum Gasteiger partial charge on any atom is 0.290 e. The molecule has 1 aromatic carbocycles. The first-order valence-corrected chi connectivity index (χ1v) is 11.5. The third kappa shape index (κ3) is 4.78. The Morgan fingerprint density at radius 1 is 1.18 bits per heavy atom. The Balaban J connectivity index is 0.000000821. The summed E-state index contributed by atoms with van der Waals surface area (Å²) in [5.41, 5.74) is 2.45. The number of H-pyrrole nitrogens is 1. The number of nitrogens with one attached hydrogen (secondary N) is 3. The van der Waals surface area contributed by atoms with Crippen LogP contribution in [0, 0.1) is 6.92 Å². The van der Waals surface area contributed by atoms with Crippen LogP contribution in [0.4, 0.5) is 0 Å². The normalized spacial score (nSPS) is 24.2. The van der Waals surface area contributed by atoms with E-state index in [0.717, 1.165) is 56.5 Å². The van der Waals surface area contributed by atoms with E-state index in [4.69, 9.17) is 9.90 Å². The summed E-state index contributed by atoms with van der Waals surface area (Å²) >= 11 is 0. The number of nitrogens with zero attached hydrogens (tertiary/aromatic N) is 2. The highest BCUT2D eigenvalue weighted by Crippen LogP contribution is 2.39. The summed E-state index contributed by atoms with van der Waals surface area (Å²) in [4.78, 5) is 37.0. The molecule has 2 aliphatic heterocycles. The number of carbonyl (C=O) groups excluding carboxylic acids is 2. The van der Waals surface area contributed by atoms with Crippen LogP contribution in [0.25, 0.3) is 11.3 Å². The van der Waals surface area contributed by atoms with E-state index in [-0.39, 0.29) is 24.3 Å². The number of carboxylic acid groups (broad SMARTS) is 1. The molecule has 9 nitrogen and oxygen atoms in total. The molecule has 1 aliphatic carbocycles. The second-order valence-electron chi connectivity index (χ2n) is 9.10. The first-order chi connectivity index (χ1) is 16.0. The minimum atomic E-state index is -0.466. The monoisotopic (exact) mass is 453 g/mol. The van der Waals surface area contributed by atoms with Crippen LogP contribution >= 0.6 is 0 Å². The molecule has 0 spiro atoms. The van der Waals surface area contributed by atoms with Crippen molar-refractivity contribution < 1.29 is 19.5 Å². The Kier molecular flexibility index (Phi) is 6.78. The van der Waals surface area contributed by atoms with Gasteiger partial charge in [0.2, 0.25) is 5.91 Å². The van der Waals surface area contributed by atoms with E-state index in [1.165, 1.54) is 0 Å². The lowest BCUT2D eigenvalue weighted by Crippen LogP contribution is -2.57. The fourth-order valence-corrected chi connectivity index (χ4v) is 5.09. The molecule has 1 saturated carbocycles. The maximum absolute atomic E-state index is 13.3. The predicted octanol–water partition coefficient (Wildman–Crippen LogP) is 2.09. The molecule has 0 radical (unpaired) electrons. The number of piperidine rings is 1. The van der Waals surface area contributed by atoms with Gasteiger partial charge in [-0.15, -0.1) is 0 Å². The Labute approximate surface area is 192 Å². The van der Waals surface area contributed by atoms with Crippen LogP contribution in [0.5, 0.6) is 0 Å². The van der Waals surface area contributed by atoms with E-state index in [0.29, 0.717) is 23.7 Å². The van der Waals surface area contributed by atoms with E-state index in [1.54, 1.807) is 0 Å². The number of hydrogen-bond donors (Lipinski definition) is 4. The van der Waals surface area contributed by atoms with Gasteiger partial charge < -0.3 is 15.7 Å².